The third-order valence-corrected chi connectivity index (χ3v) is 6.82. The summed E-state index contributed by atoms with van der Waals surface area (Å²) in [7, 11) is -3.63. The highest BCUT2D eigenvalue weighted by Gasteiger charge is 2.28. The zero-order valence-corrected chi connectivity index (χ0v) is 17.8. The standard InChI is InChI=1S/C20H20ClFN4O3S/c1-2-7-30(28,29)26-15-6-5-14(22)17(18(15)21)16(27)9-11-8-13-19(12-3-4-12)24-25-20(13)23-10-11/h5-6,8,10,12,26H,2-4,7,9H2,1H3,(H,23,24,25). The van der Waals surface area contributed by atoms with Crippen LogP contribution in [0.15, 0.2) is 24.4 Å². The number of pyridine rings is 1. The van der Waals surface area contributed by atoms with Crippen LogP contribution in [-0.4, -0.2) is 35.1 Å². The first kappa shape index (κ1) is 20.7. The molecule has 1 fully saturated rings. The number of rotatable bonds is 8. The average molecular weight is 451 g/mol. The number of aromatic nitrogens is 3. The zero-order valence-electron chi connectivity index (χ0n) is 16.2. The lowest BCUT2D eigenvalue weighted by atomic mass is 10.0. The molecule has 30 heavy (non-hydrogen) atoms. The molecule has 0 unspecified atom stereocenters. The second kappa shape index (κ2) is 7.96. The van der Waals surface area contributed by atoms with Crippen LogP contribution in [0, 0.1) is 5.82 Å². The molecule has 2 aromatic heterocycles. The number of H-pyrrole nitrogens is 1. The lowest BCUT2D eigenvalue weighted by molar-refractivity contribution is 0.0989. The molecule has 3 aromatic rings. The third-order valence-electron chi connectivity index (χ3n) is 4.95. The van der Waals surface area contributed by atoms with Crippen LogP contribution in [0.2, 0.25) is 5.02 Å². The van der Waals surface area contributed by atoms with Crippen LogP contribution in [0.4, 0.5) is 10.1 Å². The molecule has 7 nitrogen and oxygen atoms in total. The number of ketones is 1. The molecular formula is C20H20ClFN4O3S. The largest absolute Gasteiger partial charge is 0.294 e. The summed E-state index contributed by atoms with van der Waals surface area (Å²) in [5.41, 5.74) is 1.81. The van der Waals surface area contributed by atoms with Gasteiger partial charge in [0, 0.05) is 29.6 Å². The summed E-state index contributed by atoms with van der Waals surface area (Å²) in [5, 5.41) is 7.78. The van der Waals surface area contributed by atoms with Crippen molar-refractivity contribution in [3.63, 3.8) is 0 Å². The molecule has 1 aromatic carbocycles. The maximum absolute atomic E-state index is 14.4. The zero-order chi connectivity index (χ0) is 21.5. The topological polar surface area (TPSA) is 105 Å². The van der Waals surface area contributed by atoms with Crippen LogP contribution in [0.1, 0.15) is 53.7 Å². The normalized spacial score (nSPS) is 14.2. The van der Waals surface area contributed by atoms with Gasteiger partial charge in [0.1, 0.15) is 5.82 Å². The molecule has 4 rings (SSSR count). The third kappa shape index (κ3) is 4.17. The van der Waals surface area contributed by atoms with Crippen molar-refractivity contribution in [1.82, 2.24) is 15.2 Å². The van der Waals surface area contributed by atoms with Crippen LogP contribution in [-0.2, 0) is 16.4 Å². The lowest BCUT2D eigenvalue weighted by Gasteiger charge is -2.12. The van der Waals surface area contributed by atoms with E-state index in [9.17, 15) is 17.6 Å². The van der Waals surface area contributed by atoms with Gasteiger partial charge in [-0.05, 0) is 43.0 Å². The van der Waals surface area contributed by atoms with Gasteiger partial charge in [-0.3, -0.25) is 14.6 Å². The van der Waals surface area contributed by atoms with E-state index < -0.39 is 21.6 Å². The van der Waals surface area contributed by atoms with Crippen molar-refractivity contribution in [2.75, 3.05) is 10.5 Å². The number of Topliss-reactive ketones (excluding diaryl/α,β-unsaturated/α-hetero) is 1. The molecule has 2 N–H and O–H groups in total. The van der Waals surface area contributed by atoms with Crippen molar-refractivity contribution in [2.45, 2.75) is 38.5 Å². The first-order chi connectivity index (χ1) is 14.3. The number of halogens is 2. The van der Waals surface area contributed by atoms with Gasteiger partial charge in [-0.2, -0.15) is 5.10 Å². The van der Waals surface area contributed by atoms with Gasteiger partial charge < -0.3 is 0 Å². The first-order valence-electron chi connectivity index (χ1n) is 9.63. The Labute approximate surface area is 178 Å². The van der Waals surface area contributed by atoms with Gasteiger partial charge in [-0.15, -0.1) is 0 Å². The molecule has 1 aliphatic carbocycles. The Morgan fingerprint density at radius 1 is 1.37 bits per heavy atom. The van der Waals surface area contributed by atoms with E-state index in [-0.39, 0.29) is 28.4 Å². The number of nitrogens with zero attached hydrogens (tertiary/aromatic N) is 2. The molecule has 0 atom stereocenters. The Bertz CT molecular complexity index is 1240. The molecule has 1 saturated carbocycles. The molecule has 0 saturated heterocycles. The summed E-state index contributed by atoms with van der Waals surface area (Å²) in [4.78, 5) is 17.1. The maximum atomic E-state index is 14.4. The van der Waals surface area contributed by atoms with Gasteiger partial charge >= 0.3 is 0 Å². The average Bonchev–Trinajstić information content (AvgIpc) is 3.43. The minimum Gasteiger partial charge on any atom is -0.294 e. The minimum atomic E-state index is -3.63. The van der Waals surface area contributed by atoms with E-state index in [0.29, 0.717) is 23.5 Å². The number of carbonyl (C=O) groups is 1. The quantitative estimate of drug-likeness (QED) is 0.500. The Morgan fingerprint density at radius 3 is 2.83 bits per heavy atom. The fourth-order valence-corrected chi connectivity index (χ4v) is 4.90. The van der Waals surface area contributed by atoms with Gasteiger partial charge in [-0.25, -0.2) is 17.8 Å². The van der Waals surface area contributed by atoms with Gasteiger partial charge in [0.25, 0.3) is 0 Å². The summed E-state index contributed by atoms with van der Waals surface area (Å²) in [6.07, 6.45) is 3.98. The van der Waals surface area contributed by atoms with Gasteiger partial charge in [0.2, 0.25) is 10.0 Å². The summed E-state index contributed by atoms with van der Waals surface area (Å²) in [6.45, 7) is 1.72. The SMILES string of the molecule is CCCS(=O)(=O)Nc1ccc(F)c(C(=O)Cc2cnc3n[nH]c(C4CC4)c3c2)c1Cl. The first-order valence-corrected chi connectivity index (χ1v) is 11.7. The number of hydrogen-bond acceptors (Lipinski definition) is 5. The van der Waals surface area contributed by atoms with Crippen molar-refractivity contribution in [3.8, 4) is 0 Å². The Hall–Kier alpha value is -2.52. The van der Waals surface area contributed by atoms with Crippen LogP contribution in [0.5, 0.6) is 0 Å². The fraction of sp³-hybridized carbons (Fsp3) is 0.350. The van der Waals surface area contributed by atoms with Crippen LogP contribution in [0.25, 0.3) is 11.0 Å². The molecule has 1 aliphatic rings. The Kier molecular flexibility index (Phi) is 5.50. The molecule has 158 valence electrons. The summed E-state index contributed by atoms with van der Waals surface area (Å²) in [6, 6.07) is 4.07. The van der Waals surface area contributed by atoms with E-state index in [1.54, 1.807) is 6.92 Å². The van der Waals surface area contributed by atoms with E-state index in [1.165, 1.54) is 12.3 Å². The number of aromatic amines is 1. The highest BCUT2D eigenvalue weighted by Crippen LogP contribution is 2.41. The molecule has 0 spiro atoms. The Morgan fingerprint density at radius 2 is 2.13 bits per heavy atom. The van der Waals surface area contributed by atoms with E-state index in [0.717, 1.165) is 30.0 Å². The molecule has 0 bridgehead atoms. The lowest BCUT2D eigenvalue weighted by Crippen LogP contribution is -2.17. The van der Waals surface area contributed by atoms with Crippen molar-refractivity contribution in [2.24, 2.45) is 0 Å². The van der Waals surface area contributed by atoms with Crippen LogP contribution < -0.4 is 4.72 Å². The molecular weight excluding hydrogens is 431 g/mol. The summed E-state index contributed by atoms with van der Waals surface area (Å²) >= 11 is 6.22. The Balaban J connectivity index is 1.62. The predicted octanol–water partition coefficient (Wildman–Crippen LogP) is 4.20. The molecule has 10 heteroatoms. The highest BCUT2D eigenvalue weighted by atomic mass is 35.5. The predicted molar refractivity (Wildman–Crippen MR) is 113 cm³/mol. The highest BCUT2D eigenvalue weighted by molar-refractivity contribution is 7.92. The molecule has 2 heterocycles. The number of sulfonamides is 1. The molecule has 0 aliphatic heterocycles. The van der Waals surface area contributed by atoms with Crippen molar-refractivity contribution < 1.29 is 17.6 Å². The van der Waals surface area contributed by atoms with Crippen molar-refractivity contribution >= 4 is 44.1 Å². The number of nitrogens with one attached hydrogen (secondary N) is 2. The van der Waals surface area contributed by atoms with E-state index >= 15 is 0 Å². The number of benzene rings is 1. The number of carbonyl (C=O) groups excluding carboxylic acids is 1. The van der Waals surface area contributed by atoms with Crippen molar-refractivity contribution in [3.05, 3.63) is 52.1 Å². The van der Waals surface area contributed by atoms with E-state index in [1.807, 2.05) is 6.07 Å². The minimum absolute atomic E-state index is 0.0192. The summed E-state index contributed by atoms with van der Waals surface area (Å²) < 4.78 is 40.8. The van der Waals surface area contributed by atoms with Crippen LogP contribution >= 0.6 is 11.6 Å². The van der Waals surface area contributed by atoms with Gasteiger partial charge in [-0.1, -0.05) is 18.5 Å². The number of hydrogen-bond donors (Lipinski definition) is 2. The van der Waals surface area contributed by atoms with E-state index in [2.05, 4.69) is 19.9 Å². The molecule has 0 radical (unpaired) electrons. The second-order valence-corrected chi connectivity index (χ2v) is 9.65. The number of fused-ring (bicyclic) bond motifs is 1. The van der Waals surface area contributed by atoms with Gasteiger partial charge in [0.05, 0.1) is 22.0 Å². The smallest absolute Gasteiger partial charge is 0.232 e. The molecule has 0 amide bonds. The fourth-order valence-electron chi connectivity index (χ4n) is 3.39. The van der Waals surface area contributed by atoms with Gasteiger partial charge in [0.15, 0.2) is 11.4 Å². The number of anilines is 1. The van der Waals surface area contributed by atoms with Crippen molar-refractivity contribution in [1.29, 1.82) is 0 Å². The van der Waals surface area contributed by atoms with E-state index in [4.69, 9.17) is 11.6 Å². The monoisotopic (exact) mass is 450 g/mol. The second-order valence-electron chi connectivity index (χ2n) is 7.43. The maximum Gasteiger partial charge on any atom is 0.232 e. The summed E-state index contributed by atoms with van der Waals surface area (Å²) in [5.74, 6) is -1.04. The van der Waals surface area contributed by atoms with Crippen LogP contribution in [0.3, 0.4) is 0 Å².